The summed E-state index contributed by atoms with van der Waals surface area (Å²) in [5.41, 5.74) is 1.88. The van der Waals surface area contributed by atoms with Gasteiger partial charge in [-0.2, -0.15) is 4.98 Å². The molecule has 1 atom stereocenters. The zero-order valence-corrected chi connectivity index (χ0v) is 16.0. The van der Waals surface area contributed by atoms with E-state index in [2.05, 4.69) is 25.0 Å². The summed E-state index contributed by atoms with van der Waals surface area (Å²) in [7, 11) is 0. The van der Waals surface area contributed by atoms with Gasteiger partial charge in [-0.05, 0) is 32.7 Å². The van der Waals surface area contributed by atoms with Crippen molar-refractivity contribution in [2.45, 2.75) is 52.6 Å². The van der Waals surface area contributed by atoms with Crippen molar-refractivity contribution in [2.24, 2.45) is 5.41 Å². The van der Waals surface area contributed by atoms with Gasteiger partial charge in [0, 0.05) is 38.0 Å². The van der Waals surface area contributed by atoms with Gasteiger partial charge >= 0.3 is 0 Å². The maximum absolute atomic E-state index is 12.5. The first-order valence-electron chi connectivity index (χ1n) is 9.58. The second-order valence-corrected chi connectivity index (χ2v) is 7.94. The highest BCUT2D eigenvalue weighted by Gasteiger charge is 2.41. The molecule has 0 unspecified atom stereocenters. The Labute approximate surface area is 159 Å². The molecular weight excluding hydrogens is 344 g/mol. The molecule has 27 heavy (non-hydrogen) atoms. The molecular formula is C19H26N6O2. The molecule has 0 N–H and O–H groups in total. The maximum atomic E-state index is 12.5. The molecule has 4 rings (SSSR count). The summed E-state index contributed by atoms with van der Waals surface area (Å²) in [4.78, 5) is 29.9. The van der Waals surface area contributed by atoms with Gasteiger partial charge in [-0.3, -0.25) is 19.7 Å². The zero-order chi connectivity index (χ0) is 18.9. The van der Waals surface area contributed by atoms with E-state index in [9.17, 15) is 4.79 Å². The number of hydrogen-bond acceptors (Lipinski definition) is 7. The maximum Gasteiger partial charge on any atom is 0.223 e. The van der Waals surface area contributed by atoms with Gasteiger partial charge in [0.1, 0.15) is 0 Å². The Bertz CT molecular complexity index is 805. The number of rotatable bonds is 4. The van der Waals surface area contributed by atoms with Gasteiger partial charge in [-0.15, -0.1) is 0 Å². The molecule has 2 fully saturated rings. The zero-order valence-electron chi connectivity index (χ0n) is 16.0. The average molecular weight is 370 g/mol. The summed E-state index contributed by atoms with van der Waals surface area (Å²) in [6.07, 6.45) is 7.36. The number of aromatic nitrogens is 4. The topological polar surface area (TPSA) is 88.3 Å². The lowest BCUT2D eigenvalue weighted by molar-refractivity contribution is -0.140. The van der Waals surface area contributed by atoms with Gasteiger partial charge in [0.25, 0.3) is 0 Å². The molecule has 1 spiro atoms. The van der Waals surface area contributed by atoms with Gasteiger partial charge < -0.3 is 9.42 Å². The highest BCUT2D eigenvalue weighted by atomic mass is 16.5. The number of carbonyl (C=O) groups is 1. The lowest BCUT2D eigenvalue weighted by Crippen LogP contribution is -2.53. The molecule has 8 nitrogen and oxygen atoms in total. The molecule has 0 aliphatic carbocycles. The minimum Gasteiger partial charge on any atom is -0.340 e. The number of aryl methyl sites for hydroxylation is 2. The molecule has 8 heteroatoms. The monoisotopic (exact) mass is 370 g/mol. The lowest BCUT2D eigenvalue weighted by Gasteiger charge is -2.48. The van der Waals surface area contributed by atoms with Crippen LogP contribution in [0.3, 0.4) is 0 Å². The van der Waals surface area contributed by atoms with Crippen LogP contribution in [-0.4, -0.2) is 55.4 Å². The quantitative estimate of drug-likeness (QED) is 0.812. The Kier molecular flexibility index (Phi) is 4.90. The molecule has 2 aromatic rings. The predicted octanol–water partition coefficient (Wildman–Crippen LogP) is 1.88. The van der Waals surface area contributed by atoms with Gasteiger partial charge in [0.15, 0.2) is 5.82 Å². The smallest absolute Gasteiger partial charge is 0.223 e. The van der Waals surface area contributed by atoms with Crippen LogP contribution in [0.15, 0.2) is 16.9 Å². The minimum atomic E-state index is 0.142. The van der Waals surface area contributed by atoms with E-state index in [1.807, 2.05) is 18.7 Å². The number of amides is 1. The number of carbonyl (C=O) groups excluding carboxylic acids is 1. The van der Waals surface area contributed by atoms with Crippen LogP contribution in [0, 0.1) is 19.3 Å². The Morgan fingerprint density at radius 1 is 1.15 bits per heavy atom. The first kappa shape index (κ1) is 18.0. The molecule has 2 aliphatic heterocycles. The lowest BCUT2D eigenvalue weighted by atomic mass is 9.73. The van der Waals surface area contributed by atoms with Crippen LogP contribution in [0.1, 0.15) is 48.8 Å². The van der Waals surface area contributed by atoms with Crippen molar-refractivity contribution in [1.29, 1.82) is 0 Å². The molecule has 1 amide bonds. The molecule has 2 aromatic heterocycles. The van der Waals surface area contributed by atoms with Crippen molar-refractivity contribution in [3.05, 3.63) is 35.5 Å². The first-order chi connectivity index (χ1) is 13.0. The second kappa shape index (κ2) is 7.34. The van der Waals surface area contributed by atoms with Crippen LogP contribution in [0.2, 0.25) is 0 Å². The van der Waals surface area contributed by atoms with E-state index in [1.165, 1.54) is 0 Å². The van der Waals surface area contributed by atoms with Gasteiger partial charge in [-0.1, -0.05) is 5.16 Å². The molecule has 0 saturated carbocycles. The summed E-state index contributed by atoms with van der Waals surface area (Å²) < 4.78 is 5.10. The van der Waals surface area contributed by atoms with E-state index < -0.39 is 0 Å². The second-order valence-electron chi connectivity index (χ2n) is 7.94. The summed E-state index contributed by atoms with van der Waals surface area (Å²) in [6, 6.07) is 0. The van der Waals surface area contributed by atoms with Crippen molar-refractivity contribution in [3.8, 4) is 0 Å². The van der Waals surface area contributed by atoms with Gasteiger partial charge in [0.05, 0.1) is 30.7 Å². The van der Waals surface area contributed by atoms with E-state index in [-0.39, 0.29) is 11.3 Å². The normalized spacial score (nSPS) is 23.9. The number of likely N-dealkylation sites (tertiary alicyclic amines) is 2. The third-order valence-corrected chi connectivity index (χ3v) is 5.61. The van der Waals surface area contributed by atoms with E-state index in [4.69, 9.17) is 4.52 Å². The Balaban J connectivity index is 1.43. The molecule has 144 valence electrons. The molecule has 0 aromatic carbocycles. The Morgan fingerprint density at radius 2 is 2.04 bits per heavy atom. The van der Waals surface area contributed by atoms with Crippen LogP contribution in [0.5, 0.6) is 0 Å². The van der Waals surface area contributed by atoms with Crippen molar-refractivity contribution in [3.63, 3.8) is 0 Å². The summed E-state index contributed by atoms with van der Waals surface area (Å²) in [6.45, 7) is 7.75. The van der Waals surface area contributed by atoms with E-state index >= 15 is 0 Å². The fourth-order valence-electron chi connectivity index (χ4n) is 4.33. The standard InChI is InChI=1S/C19H26N6O2/c1-14-8-21-16(9-20-14)10-25-13-19(6-4-18(25)26)5-3-7-24(12-19)11-17-22-15(2)27-23-17/h8-9H,3-7,10-13H2,1-2H3/t19-/m0/s1. The Hall–Kier alpha value is -2.35. The van der Waals surface area contributed by atoms with Crippen LogP contribution in [-0.2, 0) is 17.9 Å². The van der Waals surface area contributed by atoms with E-state index in [1.54, 1.807) is 12.4 Å². The highest BCUT2D eigenvalue weighted by molar-refractivity contribution is 5.77. The van der Waals surface area contributed by atoms with E-state index in [0.717, 1.165) is 56.1 Å². The van der Waals surface area contributed by atoms with Crippen LogP contribution in [0.25, 0.3) is 0 Å². The summed E-state index contributed by atoms with van der Waals surface area (Å²) >= 11 is 0. The molecule has 0 bridgehead atoms. The number of piperidine rings is 2. The van der Waals surface area contributed by atoms with Gasteiger partial charge in [0.2, 0.25) is 11.8 Å². The van der Waals surface area contributed by atoms with Crippen LogP contribution in [0.4, 0.5) is 0 Å². The highest BCUT2D eigenvalue weighted by Crippen LogP contribution is 2.39. The fourth-order valence-corrected chi connectivity index (χ4v) is 4.33. The summed E-state index contributed by atoms with van der Waals surface area (Å²) in [5.74, 6) is 1.56. The van der Waals surface area contributed by atoms with Crippen LogP contribution < -0.4 is 0 Å². The van der Waals surface area contributed by atoms with E-state index in [0.29, 0.717) is 25.4 Å². The van der Waals surface area contributed by atoms with Crippen molar-refractivity contribution < 1.29 is 9.32 Å². The Morgan fingerprint density at radius 3 is 2.78 bits per heavy atom. The predicted molar refractivity (Wildman–Crippen MR) is 97.4 cm³/mol. The molecule has 4 heterocycles. The van der Waals surface area contributed by atoms with Crippen LogP contribution >= 0.6 is 0 Å². The van der Waals surface area contributed by atoms with Crippen molar-refractivity contribution >= 4 is 5.91 Å². The third kappa shape index (κ3) is 4.16. The SMILES string of the molecule is Cc1cnc(CN2C[C@@]3(CCCN(Cc4noc(C)n4)C3)CCC2=O)cn1. The number of hydrogen-bond donors (Lipinski definition) is 0. The van der Waals surface area contributed by atoms with Crippen molar-refractivity contribution in [2.75, 3.05) is 19.6 Å². The van der Waals surface area contributed by atoms with Gasteiger partial charge in [-0.25, -0.2) is 0 Å². The van der Waals surface area contributed by atoms with Crippen molar-refractivity contribution in [1.82, 2.24) is 29.9 Å². The fraction of sp³-hybridized carbons (Fsp3) is 0.632. The molecule has 2 saturated heterocycles. The minimum absolute atomic E-state index is 0.142. The first-order valence-corrected chi connectivity index (χ1v) is 9.58. The largest absolute Gasteiger partial charge is 0.340 e. The third-order valence-electron chi connectivity index (χ3n) is 5.61. The number of nitrogens with zero attached hydrogens (tertiary/aromatic N) is 6. The average Bonchev–Trinajstić information content (AvgIpc) is 3.05. The molecule has 2 aliphatic rings. The summed E-state index contributed by atoms with van der Waals surface area (Å²) in [5, 5.41) is 4.03. The molecule has 0 radical (unpaired) electrons.